The molecule has 1 aliphatic heterocycles. The molecule has 2 aromatic heterocycles. The summed E-state index contributed by atoms with van der Waals surface area (Å²) < 4.78 is 5.17. The number of rotatable bonds is 4. The highest BCUT2D eigenvalue weighted by Crippen LogP contribution is 2.15. The summed E-state index contributed by atoms with van der Waals surface area (Å²) in [6, 6.07) is 12.6. The van der Waals surface area contributed by atoms with Crippen LogP contribution in [0.4, 0.5) is 11.5 Å². The van der Waals surface area contributed by atoms with Crippen molar-refractivity contribution in [3.63, 3.8) is 0 Å². The number of piperazine rings is 1. The van der Waals surface area contributed by atoms with E-state index in [0.717, 1.165) is 0 Å². The molecule has 1 saturated heterocycles. The molecule has 2 amide bonds. The van der Waals surface area contributed by atoms with Crippen LogP contribution in [-0.2, 0) is 0 Å². The number of amides is 2. The summed E-state index contributed by atoms with van der Waals surface area (Å²) in [5, 5.41) is 2.78. The predicted octanol–water partition coefficient (Wildman–Crippen LogP) is 2.28. The van der Waals surface area contributed by atoms with Crippen molar-refractivity contribution in [3.8, 4) is 0 Å². The van der Waals surface area contributed by atoms with E-state index in [0.29, 0.717) is 43.4 Å². The van der Waals surface area contributed by atoms with Gasteiger partial charge in [-0.15, -0.1) is 0 Å². The van der Waals surface area contributed by atoms with E-state index >= 15 is 0 Å². The lowest BCUT2D eigenvalue weighted by Crippen LogP contribution is -2.49. The van der Waals surface area contributed by atoms with Crippen LogP contribution in [0.25, 0.3) is 0 Å². The zero-order chi connectivity index (χ0) is 19.3. The summed E-state index contributed by atoms with van der Waals surface area (Å²) in [6.07, 6.45) is 4.55. The largest absolute Gasteiger partial charge is 0.459 e. The number of benzene rings is 1. The minimum Gasteiger partial charge on any atom is -0.459 e. The molecule has 0 saturated carbocycles. The SMILES string of the molecule is O=C(Nc1ccccc1)c1cnc(N2CCN(C(=O)c3ccco3)CC2)cn1. The summed E-state index contributed by atoms with van der Waals surface area (Å²) >= 11 is 0. The van der Waals surface area contributed by atoms with E-state index in [2.05, 4.69) is 15.3 Å². The van der Waals surface area contributed by atoms with Crippen molar-refractivity contribution in [2.24, 2.45) is 0 Å². The van der Waals surface area contributed by atoms with Gasteiger partial charge in [-0.1, -0.05) is 18.2 Å². The maximum absolute atomic E-state index is 12.3. The van der Waals surface area contributed by atoms with E-state index in [1.54, 1.807) is 23.2 Å². The zero-order valence-electron chi connectivity index (χ0n) is 15.1. The van der Waals surface area contributed by atoms with Crippen molar-refractivity contribution in [1.82, 2.24) is 14.9 Å². The van der Waals surface area contributed by atoms with Crippen molar-refractivity contribution in [1.29, 1.82) is 0 Å². The van der Waals surface area contributed by atoms with Gasteiger partial charge in [0.05, 0.1) is 18.7 Å². The van der Waals surface area contributed by atoms with Gasteiger partial charge < -0.3 is 19.5 Å². The van der Waals surface area contributed by atoms with Crippen LogP contribution in [0.3, 0.4) is 0 Å². The second-order valence-electron chi connectivity index (χ2n) is 6.34. The summed E-state index contributed by atoms with van der Waals surface area (Å²) in [4.78, 5) is 37.0. The number of carbonyl (C=O) groups is 2. The Kier molecular flexibility index (Phi) is 5.01. The molecule has 0 aliphatic carbocycles. The van der Waals surface area contributed by atoms with Gasteiger partial charge in [-0.05, 0) is 24.3 Å². The topological polar surface area (TPSA) is 91.6 Å². The van der Waals surface area contributed by atoms with Crippen LogP contribution in [0, 0.1) is 0 Å². The van der Waals surface area contributed by atoms with E-state index in [4.69, 9.17) is 4.42 Å². The van der Waals surface area contributed by atoms with Crippen LogP contribution in [0.1, 0.15) is 21.0 Å². The minimum absolute atomic E-state index is 0.108. The lowest BCUT2D eigenvalue weighted by Gasteiger charge is -2.34. The number of nitrogens with one attached hydrogen (secondary N) is 1. The lowest BCUT2D eigenvalue weighted by atomic mass is 10.3. The molecule has 1 aromatic carbocycles. The van der Waals surface area contributed by atoms with Crippen LogP contribution >= 0.6 is 0 Å². The summed E-state index contributed by atoms with van der Waals surface area (Å²) in [5.41, 5.74) is 0.954. The molecule has 8 heteroatoms. The standard InChI is InChI=1S/C20H19N5O3/c26-19(23-15-5-2-1-3-6-15)16-13-22-18(14-21-16)24-8-10-25(11-9-24)20(27)17-7-4-12-28-17/h1-7,12-14H,8-11H2,(H,23,26). The first-order valence-corrected chi connectivity index (χ1v) is 8.97. The fourth-order valence-corrected chi connectivity index (χ4v) is 3.01. The Bertz CT molecular complexity index is 934. The van der Waals surface area contributed by atoms with E-state index in [1.165, 1.54) is 12.5 Å². The lowest BCUT2D eigenvalue weighted by molar-refractivity contribution is 0.0714. The van der Waals surface area contributed by atoms with Crippen molar-refractivity contribution < 1.29 is 14.0 Å². The van der Waals surface area contributed by atoms with Gasteiger partial charge in [-0.3, -0.25) is 9.59 Å². The summed E-state index contributed by atoms with van der Waals surface area (Å²) in [7, 11) is 0. The number of hydrogen-bond donors (Lipinski definition) is 1. The van der Waals surface area contributed by atoms with Crippen LogP contribution in [0.2, 0.25) is 0 Å². The Morgan fingerprint density at radius 2 is 1.71 bits per heavy atom. The molecule has 142 valence electrons. The Balaban J connectivity index is 1.34. The third-order valence-corrected chi connectivity index (χ3v) is 4.53. The molecule has 1 aliphatic rings. The number of nitrogens with zero attached hydrogens (tertiary/aromatic N) is 4. The second kappa shape index (κ2) is 7.91. The molecule has 0 unspecified atom stereocenters. The molecule has 8 nitrogen and oxygen atoms in total. The van der Waals surface area contributed by atoms with Crippen molar-refractivity contribution in [3.05, 3.63) is 72.6 Å². The Labute approximate surface area is 161 Å². The fourth-order valence-electron chi connectivity index (χ4n) is 3.01. The van der Waals surface area contributed by atoms with Crippen LogP contribution in [0.15, 0.2) is 65.5 Å². The van der Waals surface area contributed by atoms with Crippen molar-refractivity contribution in [2.45, 2.75) is 0 Å². The van der Waals surface area contributed by atoms with E-state index in [-0.39, 0.29) is 17.5 Å². The molecular formula is C20H19N5O3. The molecule has 0 bridgehead atoms. The first-order valence-electron chi connectivity index (χ1n) is 8.97. The molecular weight excluding hydrogens is 358 g/mol. The minimum atomic E-state index is -0.306. The average Bonchev–Trinajstić information content (AvgIpc) is 3.29. The highest BCUT2D eigenvalue weighted by atomic mass is 16.3. The summed E-state index contributed by atoms with van der Waals surface area (Å²) in [5.74, 6) is 0.617. The molecule has 0 radical (unpaired) electrons. The van der Waals surface area contributed by atoms with Crippen molar-refractivity contribution >= 4 is 23.3 Å². The van der Waals surface area contributed by atoms with Gasteiger partial charge in [0.15, 0.2) is 5.76 Å². The molecule has 0 atom stereocenters. The van der Waals surface area contributed by atoms with Gasteiger partial charge >= 0.3 is 0 Å². The van der Waals surface area contributed by atoms with Crippen LogP contribution in [-0.4, -0.2) is 52.9 Å². The van der Waals surface area contributed by atoms with Gasteiger partial charge in [-0.2, -0.15) is 0 Å². The van der Waals surface area contributed by atoms with Gasteiger partial charge in [0.1, 0.15) is 11.5 Å². The monoisotopic (exact) mass is 377 g/mol. The maximum Gasteiger partial charge on any atom is 0.289 e. The van der Waals surface area contributed by atoms with E-state index in [9.17, 15) is 9.59 Å². The molecule has 3 aromatic rings. The molecule has 28 heavy (non-hydrogen) atoms. The Morgan fingerprint density at radius 1 is 0.929 bits per heavy atom. The van der Waals surface area contributed by atoms with Gasteiger partial charge in [0.25, 0.3) is 11.8 Å². The average molecular weight is 377 g/mol. The quantitative estimate of drug-likeness (QED) is 0.750. The maximum atomic E-state index is 12.3. The summed E-state index contributed by atoms with van der Waals surface area (Å²) in [6.45, 7) is 2.41. The third kappa shape index (κ3) is 3.85. The Hall–Kier alpha value is -3.68. The van der Waals surface area contributed by atoms with Crippen LogP contribution < -0.4 is 10.2 Å². The van der Waals surface area contributed by atoms with Gasteiger partial charge in [0, 0.05) is 31.9 Å². The third-order valence-electron chi connectivity index (χ3n) is 4.53. The van der Waals surface area contributed by atoms with Crippen molar-refractivity contribution in [2.75, 3.05) is 36.4 Å². The number of para-hydroxylation sites is 1. The molecule has 0 spiro atoms. The molecule has 3 heterocycles. The highest BCUT2D eigenvalue weighted by Gasteiger charge is 2.24. The first-order chi connectivity index (χ1) is 13.7. The second-order valence-corrected chi connectivity index (χ2v) is 6.34. The Morgan fingerprint density at radius 3 is 2.36 bits per heavy atom. The van der Waals surface area contributed by atoms with E-state index in [1.807, 2.05) is 35.2 Å². The predicted molar refractivity (Wildman–Crippen MR) is 103 cm³/mol. The normalized spacial score (nSPS) is 14.0. The smallest absolute Gasteiger partial charge is 0.289 e. The molecule has 1 fully saturated rings. The number of aromatic nitrogens is 2. The van der Waals surface area contributed by atoms with Gasteiger partial charge in [-0.25, -0.2) is 9.97 Å². The first kappa shape index (κ1) is 17.7. The number of anilines is 2. The number of carbonyl (C=O) groups excluding carboxylic acids is 2. The highest BCUT2D eigenvalue weighted by molar-refractivity contribution is 6.02. The van der Waals surface area contributed by atoms with Gasteiger partial charge in [0.2, 0.25) is 0 Å². The van der Waals surface area contributed by atoms with Crippen LogP contribution in [0.5, 0.6) is 0 Å². The number of hydrogen-bond acceptors (Lipinski definition) is 6. The zero-order valence-corrected chi connectivity index (χ0v) is 15.1. The number of furan rings is 1. The fraction of sp³-hybridized carbons (Fsp3) is 0.200. The molecule has 4 rings (SSSR count). The molecule has 1 N–H and O–H groups in total. The van der Waals surface area contributed by atoms with E-state index < -0.39 is 0 Å².